The Hall–Kier alpha value is -1.36. The first-order valence-corrected chi connectivity index (χ1v) is 5.09. The number of benzene rings is 1. The minimum Gasteiger partial charge on any atom is -0.480 e. The number of carboxylic acid groups (broad SMARTS) is 1. The molecule has 0 fully saturated rings. The van der Waals surface area contributed by atoms with Gasteiger partial charge in [-0.3, -0.25) is 9.59 Å². The van der Waals surface area contributed by atoms with E-state index in [0.717, 1.165) is 4.47 Å². The number of hydrogen-bond donors (Lipinski definition) is 2. The van der Waals surface area contributed by atoms with Crippen LogP contribution in [0.5, 0.6) is 0 Å². The van der Waals surface area contributed by atoms with Crippen LogP contribution in [0.4, 0.5) is 0 Å². The minimum atomic E-state index is -1.06. The van der Waals surface area contributed by atoms with Crippen LogP contribution < -0.4 is 5.32 Å². The maximum absolute atomic E-state index is 11.5. The first-order valence-electron chi connectivity index (χ1n) is 4.30. The zero-order valence-electron chi connectivity index (χ0n) is 8.03. The van der Waals surface area contributed by atoms with E-state index in [-0.39, 0.29) is 0 Å². The first-order chi connectivity index (χ1) is 7.00. The maximum atomic E-state index is 11.5. The third-order valence-corrected chi connectivity index (χ3v) is 2.30. The van der Waals surface area contributed by atoms with E-state index in [4.69, 9.17) is 5.11 Å². The van der Waals surface area contributed by atoms with Crippen LogP contribution >= 0.6 is 15.9 Å². The fourth-order valence-corrected chi connectivity index (χ4v) is 1.37. The van der Waals surface area contributed by atoms with Gasteiger partial charge in [0, 0.05) is 10.0 Å². The molecule has 2 N–H and O–H groups in total. The van der Waals surface area contributed by atoms with Crippen LogP contribution in [0.3, 0.4) is 0 Å². The molecule has 1 rings (SSSR count). The van der Waals surface area contributed by atoms with Gasteiger partial charge in [-0.05, 0) is 25.1 Å². The van der Waals surface area contributed by atoms with Crippen LogP contribution in [-0.4, -0.2) is 23.0 Å². The van der Waals surface area contributed by atoms with Gasteiger partial charge in [-0.15, -0.1) is 0 Å². The smallest absolute Gasteiger partial charge is 0.325 e. The van der Waals surface area contributed by atoms with Gasteiger partial charge in [-0.1, -0.05) is 22.0 Å². The van der Waals surface area contributed by atoms with Gasteiger partial charge in [0.05, 0.1) is 0 Å². The molecule has 0 heterocycles. The fourth-order valence-electron chi connectivity index (χ4n) is 0.971. The molecule has 1 aromatic carbocycles. The summed E-state index contributed by atoms with van der Waals surface area (Å²) in [5.41, 5.74) is 0.428. The molecule has 0 saturated carbocycles. The van der Waals surface area contributed by atoms with E-state index in [1.807, 2.05) is 0 Å². The Labute approximate surface area is 95.4 Å². The quantitative estimate of drug-likeness (QED) is 0.879. The summed E-state index contributed by atoms with van der Waals surface area (Å²) in [4.78, 5) is 22.0. The first kappa shape index (κ1) is 11.7. The standard InChI is InChI=1S/C10H10BrNO3/c1-6(10(14)15)12-9(13)7-3-2-4-8(11)5-7/h2-6H,1H3,(H,12,13)(H,14,15)/t6-/m0/s1. The third-order valence-electron chi connectivity index (χ3n) is 1.80. The lowest BCUT2D eigenvalue weighted by Gasteiger charge is -2.09. The van der Waals surface area contributed by atoms with Gasteiger partial charge < -0.3 is 10.4 Å². The lowest BCUT2D eigenvalue weighted by atomic mass is 10.2. The number of hydrogen-bond acceptors (Lipinski definition) is 2. The van der Waals surface area contributed by atoms with Crippen LogP contribution in [0.1, 0.15) is 17.3 Å². The van der Waals surface area contributed by atoms with Crippen molar-refractivity contribution in [2.45, 2.75) is 13.0 Å². The summed E-state index contributed by atoms with van der Waals surface area (Å²) < 4.78 is 0.776. The predicted octanol–water partition coefficient (Wildman–Crippen LogP) is 1.65. The molecule has 0 saturated heterocycles. The van der Waals surface area contributed by atoms with Gasteiger partial charge in [-0.2, -0.15) is 0 Å². The number of rotatable bonds is 3. The fraction of sp³-hybridized carbons (Fsp3) is 0.200. The molecule has 5 heteroatoms. The summed E-state index contributed by atoms with van der Waals surface area (Å²) in [5.74, 6) is -1.45. The molecule has 0 radical (unpaired) electrons. The number of aliphatic carboxylic acids is 1. The molecule has 0 bridgehead atoms. The molecule has 0 aliphatic heterocycles. The molecule has 0 unspecified atom stereocenters. The van der Waals surface area contributed by atoms with E-state index in [1.54, 1.807) is 24.3 Å². The van der Waals surface area contributed by atoms with Crippen molar-refractivity contribution in [2.24, 2.45) is 0 Å². The second kappa shape index (κ2) is 4.93. The summed E-state index contributed by atoms with van der Waals surface area (Å²) in [6, 6.07) is 5.86. The van der Waals surface area contributed by atoms with Crippen molar-refractivity contribution >= 4 is 27.8 Å². The zero-order valence-corrected chi connectivity index (χ0v) is 9.61. The Morgan fingerprint density at radius 2 is 2.13 bits per heavy atom. The SMILES string of the molecule is C[C@H](NC(=O)c1cccc(Br)c1)C(=O)O. The van der Waals surface area contributed by atoms with Crippen molar-refractivity contribution in [3.8, 4) is 0 Å². The Bertz CT molecular complexity index is 392. The molecular weight excluding hydrogens is 262 g/mol. The number of halogens is 1. The van der Waals surface area contributed by atoms with E-state index < -0.39 is 17.9 Å². The molecule has 1 aromatic rings. The minimum absolute atomic E-state index is 0.397. The molecule has 0 spiro atoms. The highest BCUT2D eigenvalue weighted by atomic mass is 79.9. The Kier molecular flexibility index (Phi) is 3.85. The molecule has 0 aliphatic rings. The number of amides is 1. The van der Waals surface area contributed by atoms with Gasteiger partial charge in [0.1, 0.15) is 6.04 Å². The third kappa shape index (κ3) is 3.36. The van der Waals surface area contributed by atoms with Crippen molar-refractivity contribution in [3.63, 3.8) is 0 Å². The number of carbonyl (C=O) groups is 2. The number of nitrogens with one attached hydrogen (secondary N) is 1. The van der Waals surface area contributed by atoms with Crippen LogP contribution in [0, 0.1) is 0 Å². The van der Waals surface area contributed by atoms with Gasteiger partial charge >= 0.3 is 5.97 Å². The lowest BCUT2D eigenvalue weighted by molar-refractivity contribution is -0.138. The van der Waals surface area contributed by atoms with Crippen LogP contribution in [-0.2, 0) is 4.79 Å². The maximum Gasteiger partial charge on any atom is 0.325 e. The summed E-state index contributed by atoms with van der Waals surface area (Å²) in [6.07, 6.45) is 0. The Balaban J connectivity index is 2.73. The number of carboxylic acids is 1. The summed E-state index contributed by atoms with van der Waals surface area (Å²) >= 11 is 3.23. The summed E-state index contributed by atoms with van der Waals surface area (Å²) in [6.45, 7) is 1.41. The molecule has 1 amide bonds. The van der Waals surface area contributed by atoms with E-state index in [2.05, 4.69) is 21.2 Å². The molecular formula is C10H10BrNO3. The highest BCUT2D eigenvalue weighted by Crippen LogP contribution is 2.11. The predicted molar refractivity (Wildman–Crippen MR) is 58.7 cm³/mol. The van der Waals surface area contributed by atoms with Crippen molar-refractivity contribution in [3.05, 3.63) is 34.3 Å². The number of carbonyl (C=O) groups excluding carboxylic acids is 1. The summed E-state index contributed by atoms with van der Waals surface area (Å²) in [5, 5.41) is 11.0. The van der Waals surface area contributed by atoms with Crippen LogP contribution in [0.2, 0.25) is 0 Å². The monoisotopic (exact) mass is 271 g/mol. The Morgan fingerprint density at radius 3 is 2.67 bits per heavy atom. The highest BCUT2D eigenvalue weighted by molar-refractivity contribution is 9.10. The van der Waals surface area contributed by atoms with Crippen LogP contribution in [0.15, 0.2) is 28.7 Å². The molecule has 4 nitrogen and oxygen atoms in total. The van der Waals surface area contributed by atoms with E-state index in [9.17, 15) is 9.59 Å². The largest absolute Gasteiger partial charge is 0.480 e. The average Bonchev–Trinajstić information content (AvgIpc) is 2.17. The lowest BCUT2D eigenvalue weighted by Crippen LogP contribution is -2.38. The second-order valence-electron chi connectivity index (χ2n) is 3.04. The highest BCUT2D eigenvalue weighted by Gasteiger charge is 2.14. The van der Waals surface area contributed by atoms with Gasteiger partial charge in [-0.25, -0.2) is 0 Å². The molecule has 80 valence electrons. The van der Waals surface area contributed by atoms with Gasteiger partial charge in [0.2, 0.25) is 0 Å². The van der Waals surface area contributed by atoms with E-state index >= 15 is 0 Å². The van der Waals surface area contributed by atoms with Gasteiger partial charge in [0.25, 0.3) is 5.91 Å². The average molecular weight is 272 g/mol. The van der Waals surface area contributed by atoms with Crippen molar-refractivity contribution in [1.29, 1.82) is 0 Å². The van der Waals surface area contributed by atoms with Gasteiger partial charge in [0.15, 0.2) is 0 Å². The molecule has 1 atom stereocenters. The molecule has 0 aromatic heterocycles. The van der Waals surface area contributed by atoms with Crippen LogP contribution in [0.25, 0.3) is 0 Å². The zero-order chi connectivity index (χ0) is 11.4. The normalized spacial score (nSPS) is 11.9. The topological polar surface area (TPSA) is 66.4 Å². The van der Waals surface area contributed by atoms with E-state index in [0.29, 0.717) is 5.56 Å². The molecule has 15 heavy (non-hydrogen) atoms. The van der Waals surface area contributed by atoms with Crippen molar-refractivity contribution < 1.29 is 14.7 Å². The van der Waals surface area contributed by atoms with E-state index in [1.165, 1.54) is 6.92 Å². The van der Waals surface area contributed by atoms with Crippen molar-refractivity contribution in [1.82, 2.24) is 5.32 Å². The van der Waals surface area contributed by atoms with Crippen molar-refractivity contribution in [2.75, 3.05) is 0 Å². The second-order valence-corrected chi connectivity index (χ2v) is 3.96. The Morgan fingerprint density at radius 1 is 1.47 bits per heavy atom. The summed E-state index contributed by atoms with van der Waals surface area (Å²) in [7, 11) is 0. The molecule has 0 aliphatic carbocycles.